The molecule has 0 amide bonds. The van der Waals surface area contributed by atoms with E-state index in [4.69, 9.17) is 0 Å². The molecule has 19 heavy (non-hydrogen) atoms. The number of rotatable bonds is 3. The van der Waals surface area contributed by atoms with Crippen LogP contribution in [-0.2, 0) is 4.79 Å². The summed E-state index contributed by atoms with van der Waals surface area (Å²) >= 11 is 0. The molecule has 4 rings (SSSR count). The monoisotopic (exact) mass is 259 g/mol. The Morgan fingerprint density at radius 3 is 2.42 bits per heavy atom. The lowest BCUT2D eigenvalue weighted by atomic mass is 9.73. The average molecular weight is 259 g/mol. The van der Waals surface area contributed by atoms with Crippen LogP contribution in [0, 0.1) is 5.92 Å². The zero-order valence-electron chi connectivity index (χ0n) is 11.3. The maximum atomic E-state index is 11.6. The molecule has 3 heteroatoms. The Hall–Kier alpha value is -1.35. The van der Waals surface area contributed by atoms with Gasteiger partial charge in [-0.15, -0.1) is 0 Å². The first-order valence-corrected chi connectivity index (χ1v) is 7.23. The minimum Gasteiger partial charge on any atom is -0.480 e. The van der Waals surface area contributed by atoms with Gasteiger partial charge in [0.05, 0.1) is 0 Å². The summed E-state index contributed by atoms with van der Waals surface area (Å²) in [5.41, 5.74) is 1.22. The van der Waals surface area contributed by atoms with Crippen LogP contribution in [0.2, 0.25) is 0 Å². The number of aliphatic carboxylic acids is 1. The molecule has 2 saturated heterocycles. The number of nitrogens with zero attached hydrogens (tertiary/aromatic N) is 1. The second kappa shape index (κ2) is 4.97. The highest BCUT2D eigenvalue weighted by atomic mass is 16.4. The standard InChI is InChI=1S/C16H21NO2/c1-11(12-5-3-2-4-6-12)17-14-9-7-13(8-10-14)15(17)16(18)19/h2-6,11,13-15H,7-10H2,1H3,(H,18,19)/t11-,13?,14?,15-/m0/s1. The van der Waals surface area contributed by atoms with E-state index in [2.05, 4.69) is 24.0 Å². The largest absolute Gasteiger partial charge is 0.480 e. The Morgan fingerprint density at radius 2 is 1.84 bits per heavy atom. The van der Waals surface area contributed by atoms with Crippen LogP contribution in [0.1, 0.15) is 44.2 Å². The van der Waals surface area contributed by atoms with Crippen molar-refractivity contribution in [1.82, 2.24) is 4.90 Å². The van der Waals surface area contributed by atoms with Gasteiger partial charge >= 0.3 is 5.97 Å². The minimum atomic E-state index is -0.641. The molecule has 2 heterocycles. The highest BCUT2D eigenvalue weighted by Gasteiger charge is 2.47. The number of piperidine rings is 2. The van der Waals surface area contributed by atoms with Crippen molar-refractivity contribution in [3.63, 3.8) is 0 Å². The van der Waals surface area contributed by atoms with Crippen LogP contribution in [0.15, 0.2) is 30.3 Å². The molecule has 2 aliphatic heterocycles. The Labute approximate surface area is 114 Å². The second-order valence-electron chi connectivity index (χ2n) is 5.89. The molecule has 3 nitrogen and oxygen atoms in total. The van der Waals surface area contributed by atoms with Gasteiger partial charge in [-0.2, -0.15) is 0 Å². The summed E-state index contributed by atoms with van der Waals surface area (Å²) < 4.78 is 0. The Morgan fingerprint density at radius 1 is 1.21 bits per heavy atom. The van der Waals surface area contributed by atoms with E-state index in [1.54, 1.807) is 0 Å². The first kappa shape index (κ1) is 12.7. The lowest BCUT2D eigenvalue weighted by molar-refractivity contribution is -0.155. The fourth-order valence-corrected chi connectivity index (χ4v) is 3.98. The highest BCUT2D eigenvalue weighted by molar-refractivity contribution is 5.74. The Balaban J connectivity index is 1.91. The van der Waals surface area contributed by atoms with E-state index in [9.17, 15) is 9.90 Å². The summed E-state index contributed by atoms with van der Waals surface area (Å²) in [6, 6.07) is 10.6. The molecule has 3 fully saturated rings. The van der Waals surface area contributed by atoms with Gasteiger partial charge in [0.25, 0.3) is 0 Å². The lowest BCUT2D eigenvalue weighted by Crippen LogP contribution is -2.58. The molecular weight excluding hydrogens is 238 g/mol. The summed E-state index contributed by atoms with van der Waals surface area (Å²) in [5.74, 6) is -0.300. The number of carboxylic acids is 1. The van der Waals surface area contributed by atoms with Crippen molar-refractivity contribution in [2.45, 2.75) is 50.7 Å². The minimum absolute atomic E-state index is 0.190. The molecule has 1 aliphatic carbocycles. The molecule has 1 N–H and O–H groups in total. The molecule has 102 valence electrons. The van der Waals surface area contributed by atoms with Crippen molar-refractivity contribution in [1.29, 1.82) is 0 Å². The zero-order valence-corrected chi connectivity index (χ0v) is 11.3. The maximum Gasteiger partial charge on any atom is 0.321 e. The lowest BCUT2D eigenvalue weighted by Gasteiger charge is -2.52. The quantitative estimate of drug-likeness (QED) is 0.907. The van der Waals surface area contributed by atoms with Crippen molar-refractivity contribution in [2.24, 2.45) is 5.92 Å². The molecule has 1 aromatic rings. The van der Waals surface area contributed by atoms with Crippen molar-refractivity contribution >= 4 is 5.97 Å². The second-order valence-corrected chi connectivity index (χ2v) is 5.89. The summed E-state index contributed by atoms with van der Waals surface area (Å²) in [5, 5.41) is 9.58. The maximum absolute atomic E-state index is 11.6. The Bertz CT molecular complexity index is 451. The average Bonchev–Trinajstić information content (AvgIpc) is 2.47. The van der Waals surface area contributed by atoms with Crippen LogP contribution >= 0.6 is 0 Å². The SMILES string of the molecule is C[C@@H](c1ccccc1)N1C2CCC(CC2)[C@H]1C(=O)O. The molecule has 0 unspecified atom stereocenters. The summed E-state index contributed by atoms with van der Waals surface area (Å²) in [4.78, 5) is 13.9. The molecule has 0 spiro atoms. The van der Waals surface area contributed by atoms with Crippen LogP contribution < -0.4 is 0 Å². The van der Waals surface area contributed by atoms with Gasteiger partial charge in [-0.05, 0) is 44.1 Å². The van der Waals surface area contributed by atoms with E-state index in [0.29, 0.717) is 12.0 Å². The van der Waals surface area contributed by atoms with E-state index in [0.717, 1.165) is 25.7 Å². The highest BCUT2D eigenvalue weighted by Crippen LogP contribution is 2.43. The summed E-state index contributed by atoms with van der Waals surface area (Å²) in [6.45, 7) is 2.14. The van der Waals surface area contributed by atoms with Gasteiger partial charge in [0.1, 0.15) is 6.04 Å². The predicted molar refractivity (Wildman–Crippen MR) is 73.9 cm³/mol. The van der Waals surface area contributed by atoms with Crippen LogP contribution in [-0.4, -0.2) is 28.1 Å². The van der Waals surface area contributed by atoms with E-state index in [1.165, 1.54) is 5.56 Å². The molecule has 1 aromatic carbocycles. The fourth-order valence-electron chi connectivity index (χ4n) is 3.98. The zero-order chi connectivity index (χ0) is 13.4. The molecular formula is C16H21NO2. The van der Waals surface area contributed by atoms with E-state index < -0.39 is 5.97 Å². The Kier molecular flexibility index (Phi) is 3.31. The van der Waals surface area contributed by atoms with Crippen molar-refractivity contribution < 1.29 is 9.90 Å². The van der Waals surface area contributed by atoms with E-state index in [-0.39, 0.29) is 12.1 Å². The smallest absolute Gasteiger partial charge is 0.321 e. The van der Waals surface area contributed by atoms with Crippen molar-refractivity contribution in [2.75, 3.05) is 0 Å². The molecule has 3 aliphatic rings. The number of carbonyl (C=O) groups is 1. The predicted octanol–water partition coefficient (Wildman–Crippen LogP) is 3.08. The van der Waals surface area contributed by atoms with Gasteiger partial charge in [-0.25, -0.2) is 0 Å². The third-order valence-corrected chi connectivity index (χ3v) is 4.91. The topological polar surface area (TPSA) is 40.5 Å². The molecule has 2 atom stereocenters. The van der Waals surface area contributed by atoms with Crippen LogP contribution in [0.25, 0.3) is 0 Å². The van der Waals surface area contributed by atoms with Crippen LogP contribution in [0.3, 0.4) is 0 Å². The third-order valence-electron chi connectivity index (χ3n) is 4.91. The number of carboxylic acid groups (broad SMARTS) is 1. The summed E-state index contributed by atoms with van der Waals surface area (Å²) in [6.07, 6.45) is 4.48. The number of benzene rings is 1. The molecule has 0 aromatic heterocycles. The van der Waals surface area contributed by atoms with Gasteiger partial charge in [-0.3, -0.25) is 9.69 Å². The van der Waals surface area contributed by atoms with Gasteiger partial charge in [0.15, 0.2) is 0 Å². The molecule has 2 bridgehead atoms. The number of fused-ring (bicyclic) bond motifs is 3. The molecule has 1 saturated carbocycles. The summed E-state index contributed by atoms with van der Waals surface area (Å²) in [7, 11) is 0. The van der Waals surface area contributed by atoms with Crippen LogP contribution in [0.5, 0.6) is 0 Å². The van der Waals surface area contributed by atoms with Gasteiger partial charge in [0, 0.05) is 12.1 Å². The first-order valence-electron chi connectivity index (χ1n) is 7.23. The molecule has 0 radical (unpaired) electrons. The number of hydrogen-bond donors (Lipinski definition) is 1. The van der Waals surface area contributed by atoms with E-state index in [1.807, 2.05) is 18.2 Å². The normalized spacial score (nSPS) is 32.2. The third kappa shape index (κ3) is 2.16. The van der Waals surface area contributed by atoms with E-state index >= 15 is 0 Å². The fraction of sp³-hybridized carbons (Fsp3) is 0.562. The van der Waals surface area contributed by atoms with Gasteiger partial charge in [-0.1, -0.05) is 30.3 Å². The van der Waals surface area contributed by atoms with Gasteiger partial charge in [0.2, 0.25) is 0 Å². The van der Waals surface area contributed by atoms with Crippen molar-refractivity contribution in [3.8, 4) is 0 Å². The first-order chi connectivity index (χ1) is 9.18. The van der Waals surface area contributed by atoms with Crippen molar-refractivity contribution in [3.05, 3.63) is 35.9 Å². The number of hydrogen-bond acceptors (Lipinski definition) is 2. The van der Waals surface area contributed by atoms with Crippen LogP contribution in [0.4, 0.5) is 0 Å². The van der Waals surface area contributed by atoms with Gasteiger partial charge < -0.3 is 5.11 Å².